The van der Waals surface area contributed by atoms with E-state index in [-0.39, 0.29) is 31.9 Å². The van der Waals surface area contributed by atoms with Gasteiger partial charge in [0.15, 0.2) is 0 Å². The van der Waals surface area contributed by atoms with Gasteiger partial charge in [0.1, 0.15) is 17.7 Å². The number of aliphatic hydroxyl groups is 1. The van der Waals surface area contributed by atoms with Crippen molar-refractivity contribution in [2.75, 3.05) is 19.7 Å². The van der Waals surface area contributed by atoms with Crippen LogP contribution in [0, 0.1) is 5.82 Å². The van der Waals surface area contributed by atoms with Crippen LogP contribution in [0.15, 0.2) is 54.6 Å². The standard InChI is InChI=1S/C20H23FN2O5S/c21-17-8-6-15(7-9-17)10-18(13-24)22-29(26,27)19-11-23(12-19)20(25)28-14-16-4-2-1-3-5-16/h1-9,18-19,22,24H,10-14H2. The Balaban J connectivity index is 1.47. The van der Waals surface area contributed by atoms with E-state index >= 15 is 0 Å². The Morgan fingerprint density at radius 1 is 1.14 bits per heavy atom. The van der Waals surface area contributed by atoms with Crippen LogP contribution in [-0.2, 0) is 27.8 Å². The molecule has 1 aliphatic rings. The smallest absolute Gasteiger partial charge is 0.410 e. The second-order valence-corrected chi connectivity index (χ2v) is 8.93. The molecular weight excluding hydrogens is 399 g/mol. The van der Waals surface area contributed by atoms with Crippen LogP contribution in [0.5, 0.6) is 0 Å². The van der Waals surface area contributed by atoms with Crippen molar-refractivity contribution in [1.82, 2.24) is 9.62 Å². The minimum atomic E-state index is -3.73. The summed E-state index contributed by atoms with van der Waals surface area (Å²) in [6.45, 7) is -0.225. The molecule has 0 spiro atoms. The number of amides is 1. The number of halogens is 1. The number of likely N-dealkylation sites (tertiary alicyclic amines) is 1. The second kappa shape index (κ2) is 9.34. The predicted molar refractivity (Wildman–Crippen MR) is 105 cm³/mol. The zero-order chi connectivity index (χ0) is 20.9. The Morgan fingerprint density at radius 2 is 1.79 bits per heavy atom. The fourth-order valence-electron chi connectivity index (χ4n) is 2.97. The van der Waals surface area contributed by atoms with Crippen LogP contribution < -0.4 is 4.72 Å². The number of aliphatic hydroxyl groups excluding tert-OH is 1. The lowest BCUT2D eigenvalue weighted by Gasteiger charge is -2.38. The van der Waals surface area contributed by atoms with Crippen molar-refractivity contribution in [3.05, 3.63) is 71.5 Å². The number of ether oxygens (including phenoxy) is 1. The number of sulfonamides is 1. The van der Waals surface area contributed by atoms with Crippen molar-refractivity contribution in [1.29, 1.82) is 0 Å². The molecule has 29 heavy (non-hydrogen) atoms. The SMILES string of the molecule is O=C(OCc1ccccc1)N1CC(S(=O)(=O)NC(CO)Cc2ccc(F)cc2)C1. The highest BCUT2D eigenvalue weighted by molar-refractivity contribution is 7.90. The quantitative estimate of drug-likeness (QED) is 0.675. The number of carbonyl (C=O) groups excluding carboxylic acids is 1. The van der Waals surface area contributed by atoms with E-state index in [9.17, 15) is 22.7 Å². The van der Waals surface area contributed by atoms with E-state index in [0.29, 0.717) is 5.56 Å². The number of nitrogens with zero attached hydrogens (tertiary/aromatic N) is 1. The van der Waals surface area contributed by atoms with Crippen molar-refractivity contribution < 1.29 is 27.4 Å². The molecule has 2 aromatic rings. The van der Waals surface area contributed by atoms with E-state index < -0.39 is 34.0 Å². The summed E-state index contributed by atoms with van der Waals surface area (Å²) in [6.07, 6.45) is -0.337. The highest BCUT2D eigenvalue weighted by Crippen LogP contribution is 2.18. The largest absolute Gasteiger partial charge is 0.445 e. The molecule has 0 aliphatic carbocycles. The number of rotatable bonds is 8. The third-order valence-corrected chi connectivity index (χ3v) is 6.53. The minimum absolute atomic E-state index is 0.0254. The van der Waals surface area contributed by atoms with Gasteiger partial charge >= 0.3 is 6.09 Å². The van der Waals surface area contributed by atoms with Gasteiger partial charge in [-0.2, -0.15) is 0 Å². The van der Waals surface area contributed by atoms with Crippen LogP contribution in [0.1, 0.15) is 11.1 Å². The van der Waals surface area contributed by atoms with Crippen molar-refractivity contribution in [3.8, 4) is 0 Å². The van der Waals surface area contributed by atoms with Gasteiger partial charge in [0, 0.05) is 19.1 Å². The summed E-state index contributed by atoms with van der Waals surface area (Å²) in [6, 6.07) is 14.1. The molecule has 2 N–H and O–H groups in total. The van der Waals surface area contributed by atoms with Gasteiger partial charge in [0.05, 0.1) is 6.61 Å². The highest BCUT2D eigenvalue weighted by atomic mass is 32.2. The van der Waals surface area contributed by atoms with Crippen LogP contribution >= 0.6 is 0 Å². The molecule has 1 saturated heterocycles. The molecule has 0 aromatic heterocycles. The highest BCUT2D eigenvalue weighted by Gasteiger charge is 2.41. The topological polar surface area (TPSA) is 95.9 Å². The summed E-state index contributed by atoms with van der Waals surface area (Å²) in [5, 5.41) is 8.74. The molecule has 1 fully saturated rings. The molecule has 1 atom stereocenters. The van der Waals surface area contributed by atoms with Gasteiger partial charge < -0.3 is 14.7 Å². The normalized spacial score (nSPS) is 15.6. The molecule has 156 valence electrons. The first-order valence-electron chi connectivity index (χ1n) is 9.19. The second-order valence-electron chi connectivity index (χ2n) is 6.94. The van der Waals surface area contributed by atoms with Crippen molar-refractivity contribution in [3.63, 3.8) is 0 Å². The molecule has 0 saturated carbocycles. The summed E-state index contributed by atoms with van der Waals surface area (Å²) < 4.78 is 45.7. The summed E-state index contributed by atoms with van der Waals surface area (Å²) in [5.74, 6) is -0.386. The van der Waals surface area contributed by atoms with Crippen LogP contribution in [0.25, 0.3) is 0 Å². The van der Waals surface area contributed by atoms with Crippen molar-refractivity contribution in [2.24, 2.45) is 0 Å². The molecule has 0 radical (unpaired) electrons. The van der Waals surface area contributed by atoms with Gasteiger partial charge in [0.2, 0.25) is 10.0 Å². The average molecular weight is 422 g/mol. The summed E-state index contributed by atoms with van der Waals surface area (Å²) in [4.78, 5) is 13.4. The van der Waals surface area contributed by atoms with E-state index in [1.54, 1.807) is 12.1 Å². The van der Waals surface area contributed by atoms with Crippen LogP contribution in [0.2, 0.25) is 0 Å². The van der Waals surface area contributed by atoms with E-state index in [1.165, 1.54) is 17.0 Å². The van der Waals surface area contributed by atoms with Gasteiger partial charge in [-0.3, -0.25) is 0 Å². The molecule has 9 heteroatoms. The Bertz CT molecular complexity index is 916. The summed E-state index contributed by atoms with van der Waals surface area (Å²) in [5.41, 5.74) is 1.55. The fraction of sp³-hybridized carbons (Fsp3) is 0.350. The third-order valence-electron chi connectivity index (χ3n) is 4.70. The minimum Gasteiger partial charge on any atom is -0.445 e. The Kier molecular flexibility index (Phi) is 6.83. The number of nitrogens with one attached hydrogen (secondary N) is 1. The molecule has 1 aliphatic heterocycles. The molecular formula is C20H23FN2O5S. The molecule has 7 nitrogen and oxygen atoms in total. The number of carbonyl (C=O) groups is 1. The maximum Gasteiger partial charge on any atom is 0.410 e. The van der Waals surface area contributed by atoms with E-state index in [1.807, 2.05) is 30.3 Å². The molecule has 1 amide bonds. The van der Waals surface area contributed by atoms with E-state index in [0.717, 1.165) is 5.56 Å². The first-order chi connectivity index (χ1) is 13.9. The maximum atomic E-state index is 13.0. The molecule has 0 bridgehead atoms. The monoisotopic (exact) mass is 422 g/mol. The number of hydrogen-bond acceptors (Lipinski definition) is 5. The third kappa shape index (κ3) is 5.75. The van der Waals surface area contributed by atoms with Crippen LogP contribution in [0.4, 0.5) is 9.18 Å². The number of benzene rings is 2. The van der Waals surface area contributed by atoms with Crippen LogP contribution in [-0.4, -0.2) is 55.5 Å². The predicted octanol–water partition coefficient (Wildman–Crippen LogP) is 1.67. The fourth-order valence-corrected chi connectivity index (χ4v) is 4.54. The molecule has 1 heterocycles. The van der Waals surface area contributed by atoms with Gasteiger partial charge in [-0.15, -0.1) is 0 Å². The lowest BCUT2D eigenvalue weighted by molar-refractivity contribution is 0.0765. The van der Waals surface area contributed by atoms with Gasteiger partial charge in [-0.05, 0) is 29.7 Å². The zero-order valence-corrected chi connectivity index (χ0v) is 16.5. The number of hydrogen-bond donors (Lipinski definition) is 2. The Labute approximate surface area is 169 Å². The molecule has 3 rings (SSSR count). The zero-order valence-electron chi connectivity index (χ0n) is 15.7. The maximum absolute atomic E-state index is 13.0. The van der Waals surface area contributed by atoms with Crippen molar-refractivity contribution in [2.45, 2.75) is 24.3 Å². The van der Waals surface area contributed by atoms with E-state index in [4.69, 9.17) is 4.74 Å². The Hall–Kier alpha value is -2.49. The first-order valence-corrected chi connectivity index (χ1v) is 10.7. The summed E-state index contributed by atoms with van der Waals surface area (Å²) in [7, 11) is -3.73. The Morgan fingerprint density at radius 3 is 2.41 bits per heavy atom. The van der Waals surface area contributed by atoms with Gasteiger partial charge in [0.25, 0.3) is 0 Å². The van der Waals surface area contributed by atoms with Crippen LogP contribution in [0.3, 0.4) is 0 Å². The molecule has 2 aromatic carbocycles. The van der Waals surface area contributed by atoms with Crippen molar-refractivity contribution >= 4 is 16.1 Å². The summed E-state index contributed by atoms with van der Waals surface area (Å²) >= 11 is 0. The van der Waals surface area contributed by atoms with E-state index in [2.05, 4.69) is 4.72 Å². The van der Waals surface area contributed by atoms with Gasteiger partial charge in [-0.25, -0.2) is 22.3 Å². The first kappa shape index (κ1) is 21.2. The van der Waals surface area contributed by atoms with Gasteiger partial charge in [-0.1, -0.05) is 42.5 Å². The average Bonchev–Trinajstić information content (AvgIpc) is 2.66. The lowest BCUT2D eigenvalue weighted by atomic mass is 10.1. The molecule has 1 unspecified atom stereocenters. The lowest BCUT2D eigenvalue weighted by Crippen LogP contribution is -2.60.